The van der Waals surface area contributed by atoms with Crippen molar-refractivity contribution in [1.29, 1.82) is 5.26 Å². The van der Waals surface area contributed by atoms with Gasteiger partial charge in [0.05, 0.1) is 66.9 Å². The number of carbonyl (C=O) groups is 2. The number of ether oxygens (including phenoxy) is 2. The molecule has 8 rings (SSSR count). The number of aromatic nitrogens is 4. The first kappa shape index (κ1) is 68.6. The number of rotatable bonds is 20. The van der Waals surface area contributed by atoms with Crippen molar-refractivity contribution in [2.24, 2.45) is 0 Å². The molecule has 2 aliphatic rings. The van der Waals surface area contributed by atoms with E-state index in [-0.39, 0.29) is 11.8 Å². The van der Waals surface area contributed by atoms with Gasteiger partial charge in [-0.3, -0.25) is 18.7 Å². The average molecular weight is 1210 g/mol. The Morgan fingerprint density at radius 3 is 1.28 bits per heavy atom. The highest BCUT2D eigenvalue weighted by Crippen LogP contribution is 2.41. The highest BCUT2D eigenvalue weighted by Gasteiger charge is 2.24. The van der Waals surface area contributed by atoms with Gasteiger partial charge in [0.1, 0.15) is 23.1 Å². The van der Waals surface area contributed by atoms with Gasteiger partial charge >= 0.3 is 0 Å². The second-order valence-electron chi connectivity index (χ2n) is 19.5. The summed E-state index contributed by atoms with van der Waals surface area (Å²) in [6, 6.07) is 29.8. The summed E-state index contributed by atoms with van der Waals surface area (Å²) < 4.78 is 63.1. The van der Waals surface area contributed by atoms with Crippen LogP contribution in [0.2, 0.25) is 0 Å². The molecule has 4 aromatic carbocycles. The number of methoxy groups -OCH3 is 2. The lowest BCUT2D eigenvalue weighted by molar-refractivity contribution is -0.112. The maximum Gasteiger partial charge on any atom is 0.261 e. The predicted molar refractivity (Wildman–Crippen MR) is 338 cm³/mol. The maximum absolute atomic E-state index is 12.2. The lowest BCUT2D eigenvalue weighted by Gasteiger charge is -2.26. The Bertz CT molecular complexity index is 3270. The second-order valence-corrected chi connectivity index (χ2v) is 22.4. The summed E-state index contributed by atoms with van der Waals surface area (Å²) in [4.78, 5) is 55.5. The molecule has 2 amide bonds. The zero-order valence-electron chi connectivity index (χ0n) is 49.9. The molecule has 0 aliphatic carbocycles. The van der Waals surface area contributed by atoms with Crippen molar-refractivity contribution in [3.8, 4) is 17.6 Å². The summed E-state index contributed by atoms with van der Waals surface area (Å²) in [5, 5.41) is 19.7. The lowest BCUT2D eigenvalue weighted by Crippen LogP contribution is -2.29. The molecule has 27 heteroatoms. The Morgan fingerprint density at radius 1 is 0.624 bits per heavy atom. The van der Waals surface area contributed by atoms with Gasteiger partial charge in [0.25, 0.3) is 20.2 Å². The van der Waals surface area contributed by atoms with Crippen LogP contribution in [0.25, 0.3) is 0 Å². The molecule has 6 N–H and O–H groups in total. The predicted octanol–water partition coefficient (Wildman–Crippen LogP) is 7.63. The van der Waals surface area contributed by atoms with Gasteiger partial charge in [0.2, 0.25) is 23.7 Å². The van der Waals surface area contributed by atoms with Crippen LogP contribution in [0.1, 0.15) is 18.1 Å². The summed E-state index contributed by atoms with van der Waals surface area (Å²) in [7, 11) is 7.96. The van der Waals surface area contributed by atoms with E-state index in [4.69, 9.17) is 33.8 Å². The number of nitriles is 1. The number of benzene rings is 4. The van der Waals surface area contributed by atoms with Crippen molar-refractivity contribution in [2.45, 2.75) is 19.8 Å². The van der Waals surface area contributed by atoms with E-state index >= 15 is 0 Å². The van der Waals surface area contributed by atoms with E-state index in [0.717, 1.165) is 75.1 Å². The molecular formula is C58H77N15O10S2. The maximum atomic E-state index is 12.2. The van der Waals surface area contributed by atoms with Crippen molar-refractivity contribution in [2.75, 3.05) is 149 Å². The van der Waals surface area contributed by atoms with Crippen molar-refractivity contribution in [1.82, 2.24) is 29.7 Å². The molecule has 0 spiro atoms. The number of amides is 2. The van der Waals surface area contributed by atoms with Crippen LogP contribution < -0.4 is 50.3 Å². The van der Waals surface area contributed by atoms with Crippen molar-refractivity contribution < 1.29 is 45.0 Å². The standard InChI is InChI=1S/2C27H33N7O2.C2H3N.2CH4O3S/c2*1-6-26(35)29-20-17-21(24(36-5)18-23(20)33(4)16-15-32(2)3)30-27-28-13-11-25(31-27)34-14-12-19-9-7-8-10-22(19)34;1-2-3;2*1-5(2,3)4/h2*6-11,13,17-18H,1,12,14-16H2,2-5H3,(H,29,35)(H,28,30,31);1H3;2*1H3,(H,2,3,4). The number of hydrogen-bond acceptors (Lipinski definition) is 21. The summed E-state index contributed by atoms with van der Waals surface area (Å²) in [5.74, 6) is 3.14. The van der Waals surface area contributed by atoms with E-state index in [0.29, 0.717) is 58.7 Å². The quantitative estimate of drug-likeness (QED) is 0.0316. The monoisotopic (exact) mass is 1210 g/mol. The molecule has 0 saturated heterocycles. The van der Waals surface area contributed by atoms with Crippen LogP contribution in [0.4, 0.5) is 69.0 Å². The fraction of sp³-hybridized carbons (Fsp3) is 0.328. The number of para-hydroxylation sites is 2. The number of nitrogens with zero attached hydrogens (tertiary/aromatic N) is 11. The zero-order chi connectivity index (χ0) is 63.0. The van der Waals surface area contributed by atoms with Crippen LogP contribution >= 0.6 is 0 Å². The summed E-state index contributed by atoms with van der Waals surface area (Å²) in [6.07, 6.45) is 9.37. The number of hydrogen-bond donors (Lipinski definition) is 6. The molecule has 0 radical (unpaired) electrons. The van der Waals surface area contributed by atoms with Gasteiger partial charge in [-0.25, -0.2) is 9.97 Å². The Kier molecular flexibility index (Phi) is 26.5. The molecule has 85 heavy (non-hydrogen) atoms. The number of anilines is 12. The van der Waals surface area contributed by atoms with Crippen LogP contribution in [0.3, 0.4) is 0 Å². The first-order valence-corrected chi connectivity index (χ1v) is 30.0. The fourth-order valence-electron chi connectivity index (χ4n) is 8.32. The van der Waals surface area contributed by atoms with Crippen LogP contribution in [0.15, 0.2) is 123 Å². The van der Waals surface area contributed by atoms with Crippen LogP contribution in [0.5, 0.6) is 11.5 Å². The third-order valence-electron chi connectivity index (χ3n) is 12.2. The molecule has 2 aliphatic heterocycles. The normalized spacial score (nSPS) is 11.9. The summed E-state index contributed by atoms with van der Waals surface area (Å²) in [5.41, 5.74) is 9.16. The molecule has 0 fully saturated rings. The molecule has 25 nitrogen and oxygen atoms in total. The second kappa shape index (κ2) is 32.8. The minimum absolute atomic E-state index is 0.292. The number of fused-ring (bicyclic) bond motifs is 2. The first-order chi connectivity index (χ1) is 40.2. The molecule has 6 aromatic rings. The molecule has 0 unspecified atom stereocenters. The van der Waals surface area contributed by atoms with E-state index < -0.39 is 20.2 Å². The SMILES string of the molecule is C=CC(=O)Nc1cc(Nc2nccc(N3CCc4ccccc43)n2)c(OC)cc1N(C)CCN(C)C.C=CC(=O)Nc1cc(Nc2nccc(N3CCc4ccccc43)n2)c(OC)cc1N(C)CCN(C)C.CC#N.CS(=O)(=O)O.CS(=O)(=O)O. The minimum Gasteiger partial charge on any atom is -0.494 e. The van der Waals surface area contributed by atoms with E-state index in [1.807, 2.05) is 90.8 Å². The minimum atomic E-state index is -3.67. The van der Waals surface area contributed by atoms with Gasteiger partial charge in [-0.1, -0.05) is 49.6 Å². The third-order valence-corrected chi connectivity index (χ3v) is 12.2. The van der Waals surface area contributed by atoms with Crippen LogP contribution in [-0.2, 0) is 42.7 Å². The van der Waals surface area contributed by atoms with Gasteiger partial charge < -0.3 is 60.1 Å². The van der Waals surface area contributed by atoms with E-state index in [1.165, 1.54) is 41.6 Å². The first-order valence-electron chi connectivity index (χ1n) is 26.3. The fourth-order valence-corrected chi connectivity index (χ4v) is 8.32. The molecule has 4 heterocycles. The molecule has 0 bridgehead atoms. The van der Waals surface area contributed by atoms with Crippen molar-refractivity contribution >= 4 is 101 Å². The highest BCUT2D eigenvalue weighted by atomic mass is 32.2. The van der Waals surface area contributed by atoms with Crippen LogP contribution in [0, 0.1) is 11.3 Å². The largest absolute Gasteiger partial charge is 0.494 e. The Hall–Kier alpha value is -8.91. The number of nitrogens with one attached hydrogen (secondary N) is 4. The van der Waals surface area contributed by atoms with Crippen LogP contribution in [-0.4, -0.2) is 176 Å². The number of carbonyl (C=O) groups excluding carboxylic acids is 2. The van der Waals surface area contributed by atoms with E-state index in [9.17, 15) is 26.4 Å². The summed E-state index contributed by atoms with van der Waals surface area (Å²) in [6.45, 7) is 13.6. The smallest absolute Gasteiger partial charge is 0.261 e. The molecule has 456 valence electrons. The van der Waals surface area contributed by atoms with Gasteiger partial charge in [0.15, 0.2) is 0 Å². The Morgan fingerprint density at radius 2 is 0.965 bits per heavy atom. The molecule has 2 aromatic heterocycles. The van der Waals surface area contributed by atoms with E-state index in [2.05, 4.69) is 110 Å². The molecule has 0 saturated carbocycles. The molecule has 0 atom stereocenters. The Balaban J connectivity index is 0.000000302. The topological polar surface area (TPSA) is 304 Å². The van der Waals surface area contributed by atoms with Gasteiger partial charge in [-0.15, -0.1) is 0 Å². The highest BCUT2D eigenvalue weighted by molar-refractivity contribution is 7.85. The lowest BCUT2D eigenvalue weighted by atomic mass is 10.2. The van der Waals surface area contributed by atoms with Gasteiger partial charge in [-0.05, 0) is 101 Å². The third kappa shape index (κ3) is 22.6. The average Bonchev–Trinajstić information content (AvgIpc) is 2.86. The molecular weight excluding hydrogens is 1130 g/mol. The van der Waals surface area contributed by atoms with Gasteiger partial charge in [-0.2, -0.15) is 32.1 Å². The summed E-state index contributed by atoms with van der Waals surface area (Å²) >= 11 is 0. The van der Waals surface area contributed by atoms with Gasteiger partial charge in [0, 0.05) is 96.2 Å². The van der Waals surface area contributed by atoms with Crippen molar-refractivity contribution in [3.63, 3.8) is 0 Å². The van der Waals surface area contributed by atoms with Crippen molar-refractivity contribution in [3.05, 3.63) is 134 Å². The number of likely N-dealkylation sites (N-methyl/N-ethyl adjacent to an activating group) is 4. The zero-order valence-corrected chi connectivity index (χ0v) is 51.5. The van der Waals surface area contributed by atoms with E-state index in [1.54, 1.807) is 32.7 Å². The Labute approximate surface area is 499 Å².